The molecule has 0 aromatic heterocycles. The first-order valence-electron chi connectivity index (χ1n) is 8.65. The molecular formula is C18H29N3O. The molecule has 3 aliphatic rings. The summed E-state index contributed by atoms with van der Waals surface area (Å²) in [5, 5.41) is 0. The highest BCUT2D eigenvalue weighted by Gasteiger charge is 2.37. The molecule has 1 saturated heterocycles. The maximum absolute atomic E-state index is 6.46. The smallest absolute Gasteiger partial charge is 0.107 e. The molecule has 2 aliphatic heterocycles. The molecule has 0 aromatic rings. The van der Waals surface area contributed by atoms with Gasteiger partial charge in [-0.25, -0.2) is 0 Å². The summed E-state index contributed by atoms with van der Waals surface area (Å²) < 4.78 is 6.46. The fraction of sp³-hybridized carbons (Fsp3) is 0.667. The minimum Gasteiger partial charge on any atom is -0.494 e. The van der Waals surface area contributed by atoms with E-state index < -0.39 is 0 Å². The van der Waals surface area contributed by atoms with Crippen LogP contribution in [0.4, 0.5) is 0 Å². The van der Waals surface area contributed by atoms with Gasteiger partial charge in [-0.3, -0.25) is 0 Å². The summed E-state index contributed by atoms with van der Waals surface area (Å²) in [6.45, 7) is 10.4. The van der Waals surface area contributed by atoms with Gasteiger partial charge in [-0.05, 0) is 64.8 Å². The van der Waals surface area contributed by atoms with Gasteiger partial charge in [0, 0.05) is 18.3 Å². The van der Waals surface area contributed by atoms with Gasteiger partial charge in [0.25, 0.3) is 0 Å². The first kappa shape index (κ1) is 15.5. The van der Waals surface area contributed by atoms with Crippen molar-refractivity contribution < 1.29 is 4.74 Å². The SMILES string of the molecule is CCCN1CCCC(OC2=CC=C3NNC=C3C2(C)C)CC1. The minimum atomic E-state index is -0.0734. The molecule has 1 fully saturated rings. The molecule has 0 saturated carbocycles. The normalized spacial score (nSPS) is 27.6. The van der Waals surface area contributed by atoms with Crippen molar-refractivity contribution in [2.24, 2.45) is 5.41 Å². The van der Waals surface area contributed by atoms with E-state index in [0.717, 1.165) is 17.9 Å². The van der Waals surface area contributed by atoms with Crippen molar-refractivity contribution in [1.29, 1.82) is 0 Å². The van der Waals surface area contributed by atoms with Crippen LogP contribution in [0.25, 0.3) is 0 Å². The Balaban J connectivity index is 1.65. The average Bonchev–Trinajstić information content (AvgIpc) is 2.87. The average molecular weight is 303 g/mol. The van der Waals surface area contributed by atoms with E-state index in [1.54, 1.807) is 0 Å². The third-order valence-corrected chi connectivity index (χ3v) is 5.01. The van der Waals surface area contributed by atoms with Gasteiger partial charge in [-0.2, -0.15) is 0 Å². The number of ether oxygens (including phenoxy) is 1. The Hall–Kier alpha value is -1.42. The van der Waals surface area contributed by atoms with Gasteiger partial charge < -0.3 is 20.5 Å². The highest BCUT2D eigenvalue weighted by Crippen LogP contribution is 2.43. The highest BCUT2D eigenvalue weighted by molar-refractivity contribution is 5.47. The lowest BCUT2D eigenvalue weighted by atomic mass is 9.78. The number of nitrogens with one attached hydrogen (secondary N) is 2. The minimum absolute atomic E-state index is 0.0734. The summed E-state index contributed by atoms with van der Waals surface area (Å²) >= 11 is 0. The van der Waals surface area contributed by atoms with E-state index in [4.69, 9.17) is 4.74 Å². The van der Waals surface area contributed by atoms with Gasteiger partial charge in [0.05, 0.1) is 17.2 Å². The van der Waals surface area contributed by atoms with Crippen LogP contribution in [0, 0.1) is 5.41 Å². The number of allylic oxidation sites excluding steroid dienone is 4. The van der Waals surface area contributed by atoms with E-state index in [1.807, 2.05) is 0 Å². The molecular weight excluding hydrogens is 274 g/mol. The summed E-state index contributed by atoms with van der Waals surface area (Å²) in [6, 6.07) is 0. The predicted molar refractivity (Wildman–Crippen MR) is 89.8 cm³/mol. The first-order chi connectivity index (χ1) is 10.6. The number of hydrogen-bond donors (Lipinski definition) is 2. The van der Waals surface area contributed by atoms with Gasteiger partial charge in [-0.1, -0.05) is 6.92 Å². The van der Waals surface area contributed by atoms with Crippen LogP contribution in [0.2, 0.25) is 0 Å². The zero-order valence-corrected chi connectivity index (χ0v) is 14.1. The van der Waals surface area contributed by atoms with Crippen molar-refractivity contribution >= 4 is 0 Å². The molecule has 4 nitrogen and oxygen atoms in total. The number of hydrazine groups is 1. The molecule has 4 heteroatoms. The van der Waals surface area contributed by atoms with Crippen LogP contribution in [-0.2, 0) is 4.74 Å². The van der Waals surface area contributed by atoms with Crippen molar-refractivity contribution in [3.8, 4) is 0 Å². The van der Waals surface area contributed by atoms with E-state index in [9.17, 15) is 0 Å². The molecule has 2 heterocycles. The second kappa shape index (κ2) is 6.37. The Labute approximate surface area is 134 Å². The van der Waals surface area contributed by atoms with Crippen molar-refractivity contribution in [2.75, 3.05) is 19.6 Å². The van der Waals surface area contributed by atoms with Gasteiger partial charge in [0.2, 0.25) is 0 Å². The zero-order chi connectivity index (χ0) is 15.6. The molecule has 0 amide bonds. The maximum atomic E-state index is 6.46. The molecule has 1 atom stereocenters. The van der Waals surface area contributed by atoms with Gasteiger partial charge in [-0.15, -0.1) is 0 Å². The lowest BCUT2D eigenvalue weighted by Crippen LogP contribution is -2.29. The van der Waals surface area contributed by atoms with Crippen LogP contribution in [0.1, 0.15) is 46.5 Å². The van der Waals surface area contributed by atoms with Crippen molar-refractivity contribution in [1.82, 2.24) is 15.8 Å². The van der Waals surface area contributed by atoms with E-state index >= 15 is 0 Å². The van der Waals surface area contributed by atoms with Crippen LogP contribution in [0.5, 0.6) is 0 Å². The summed E-state index contributed by atoms with van der Waals surface area (Å²) in [6.07, 6.45) is 11.5. The van der Waals surface area contributed by atoms with E-state index in [-0.39, 0.29) is 5.41 Å². The lowest BCUT2D eigenvalue weighted by molar-refractivity contribution is 0.0694. The van der Waals surface area contributed by atoms with Gasteiger partial charge >= 0.3 is 0 Å². The van der Waals surface area contributed by atoms with Crippen molar-refractivity contribution in [3.05, 3.63) is 35.4 Å². The first-order valence-corrected chi connectivity index (χ1v) is 8.65. The summed E-state index contributed by atoms with van der Waals surface area (Å²) in [5.74, 6) is 1.10. The van der Waals surface area contributed by atoms with Crippen LogP contribution < -0.4 is 10.9 Å². The molecule has 22 heavy (non-hydrogen) atoms. The van der Waals surface area contributed by atoms with Crippen LogP contribution in [0.3, 0.4) is 0 Å². The van der Waals surface area contributed by atoms with Crippen molar-refractivity contribution in [3.63, 3.8) is 0 Å². The highest BCUT2D eigenvalue weighted by atomic mass is 16.5. The maximum Gasteiger partial charge on any atom is 0.107 e. The van der Waals surface area contributed by atoms with E-state index in [2.05, 4.69) is 54.9 Å². The quantitative estimate of drug-likeness (QED) is 0.837. The number of hydrogen-bond acceptors (Lipinski definition) is 4. The fourth-order valence-corrected chi connectivity index (χ4v) is 3.63. The lowest BCUT2D eigenvalue weighted by Gasteiger charge is -2.34. The largest absolute Gasteiger partial charge is 0.494 e. The summed E-state index contributed by atoms with van der Waals surface area (Å²) in [5.41, 5.74) is 8.65. The van der Waals surface area contributed by atoms with Crippen LogP contribution in [-0.4, -0.2) is 30.6 Å². The fourth-order valence-electron chi connectivity index (χ4n) is 3.63. The van der Waals surface area contributed by atoms with Gasteiger partial charge in [0.15, 0.2) is 0 Å². The van der Waals surface area contributed by atoms with Crippen LogP contribution >= 0.6 is 0 Å². The molecule has 0 spiro atoms. The number of likely N-dealkylation sites (tertiary alicyclic amines) is 1. The predicted octanol–water partition coefficient (Wildman–Crippen LogP) is 3.07. The van der Waals surface area contributed by atoms with E-state index in [0.29, 0.717) is 6.10 Å². The molecule has 1 aliphatic carbocycles. The summed E-state index contributed by atoms with van der Waals surface area (Å²) in [4.78, 5) is 2.58. The second-order valence-corrected chi connectivity index (χ2v) is 7.08. The second-order valence-electron chi connectivity index (χ2n) is 7.08. The number of nitrogens with zero attached hydrogens (tertiary/aromatic N) is 1. The standard InChI is InChI=1S/C18H29N3O/c1-4-10-21-11-5-6-14(9-12-21)22-17-8-7-16-15(13-19-20-16)18(17,2)3/h7-8,13-14,19-20H,4-6,9-12H2,1-3H3. The molecule has 1 unspecified atom stereocenters. The number of fused-ring (bicyclic) bond motifs is 1. The molecule has 122 valence electrons. The zero-order valence-electron chi connectivity index (χ0n) is 14.1. The Morgan fingerprint density at radius 3 is 2.95 bits per heavy atom. The molecule has 2 N–H and O–H groups in total. The third-order valence-electron chi connectivity index (χ3n) is 5.01. The molecule has 3 rings (SSSR count). The number of rotatable bonds is 4. The molecule has 0 bridgehead atoms. The Morgan fingerprint density at radius 2 is 2.14 bits per heavy atom. The molecule has 0 aromatic carbocycles. The topological polar surface area (TPSA) is 36.5 Å². The molecule has 0 radical (unpaired) electrons. The third kappa shape index (κ3) is 3.02. The monoisotopic (exact) mass is 303 g/mol. The van der Waals surface area contributed by atoms with Gasteiger partial charge in [0.1, 0.15) is 5.76 Å². The van der Waals surface area contributed by atoms with Crippen LogP contribution in [0.15, 0.2) is 35.4 Å². The Kier molecular flexibility index (Phi) is 4.48. The van der Waals surface area contributed by atoms with Crippen molar-refractivity contribution in [2.45, 2.75) is 52.6 Å². The Bertz CT molecular complexity index is 504. The summed E-state index contributed by atoms with van der Waals surface area (Å²) in [7, 11) is 0. The Morgan fingerprint density at radius 1 is 1.27 bits per heavy atom. The van der Waals surface area contributed by atoms with E-state index in [1.165, 1.54) is 44.5 Å².